The van der Waals surface area contributed by atoms with E-state index in [0.29, 0.717) is 11.3 Å². The first-order valence-electron chi connectivity index (χ1n) is 6.19. The fraction of sp³-hybridized carbons (Fsp3) is 0.462. The maximum Gasteiger partial charge on any atom is 0.173 e. The van der Waals surface area contributed by atoms with E-state index in [1.54, 1.807) is 7.11 Å². The average molecular weight is 281 g/mol. The standard InChI is InChI=1S/C13H19N3O2S/c1-18-12-8-10(2-3-11(12)13(14)15-17)9-16-4-6-19-7-5-16/h2-3,8,17H,4-7,9H2,1H3,(H2,14,15). The monoisotopic (exact) mass is 281 g/mol. The zero-order valence-corrected chi connectivity index (χ0v) is 11.8. The Bertz CT molecular complexity index is 459. The van der Waals surface area contributed by atoms with Crippen LogP contribution in [0.25, 0.3) is 0 Å². The van der Waals surface area contributed by atoms with Crippen molar-refractivity contribution in [2.24, 2.45) is 10.9 Å². The van der Waals surface area contributed by atoms with Gasteiger partial charge in [0, 0.05) is 31.1 Å². The number of oxime groups is 1. The van der Waals surface area contributed by atoms with Crippen LogP contribution in [0.15, 0.2) is 23.4 Å². The third-order valence-electron chi connectivity index (χ3n) is 3.16. The number of thioether (sulfide) groups is 1. The molecule has 0 spiro atoms. The zero-order chi connectivity index (χ0) is 13.7. The molecule has 0 radical (unpaired) electrons. The van der Waals surface area contributed by atoms with E-state index in [4.69, 9.17) is 15.7 Å². The Morgan fingerprint density at radius 1 is 1.47 bits per heavy atom. The lowest BCUT2D eigenvalue weighted by molar-refractivity contribution is 0.294. The fourth-order valence-corrected chi connectivity index (χ4v) is 3.10. The van der Waals surface area contributed by atoms with Gasteiger partial charge in [-0.3, -0.25) is 4.90 Å². The molecule has 0 bridgehead atoms. The molecule has 1 aromatic rings. The van der Waals surface area contributed by atoms with E-state index >= 15 is 0 Å². The van der Waals surface area contributed by atoms with Crippen LogP contribution in [0.5, 0.6) is 5.75 Å². The molecule has 1 aliphatic rings. The zero-order valence-electron chi connectivity index (χ0n) is 11.0. The average Bonchev–Trinajstić information content (AvgIpc) is 2.47. The van der Waals surface area contributed by atoms with Crippen molar-refractivity contribution in [2.45, 2.75) is 6.54 Å². The Labute approximate surface area is 117 Å². The van der Waals surface area contributed by atoms with E-state index in [9.17, 15) is 0 Å². The van der Waals surface area contributed by atoms with Gasteiger partial charge in [0.1, 0.15) is 5.75 Å². The quantitative estimate of drug-likeness (QED) is 0.377. The second-order valence-corrected chi connectivity index (χ2v) is 5.63. The highest BCUT2D eigenvalue weighted by Gasteiger charge is 2.13. The van der Waals surface area contributed by atoms with E-state index in [0.717, 1.165) is 19.6 Å². The summed E-state index contributed by atoms with van der Waals surface area (Å²) in [5.74, 6) is 3.09. The maximum atomic E-state index is 8.74. The normalized spacial score (nSPS) is 17.4. The first-order valence-corrected chi connectivity index (χ1v) is 7.35. The molecule has 0 atom stereocenters. The molecule has 0 amide bonds. The number of rotatable bonds is 4. The number of amidine groups is 1. The molecule has 19 heavy (non-hydrogen) atoms. The molecule has 0 saturated carbocycles. The van der Waals surface area contributed by atoms with Crippen molar-refractivity contribution in [3.8, 4) is 5.75 Å². The molecule has 1 saturated heterocycles. The molecule has 0 unspecified atom stereocenters. The van der Waals surface area contributed by atoms with Crippen LogP contribution in [-0.2, 0) is 6.54 Å². The topological polar surface area (TPSA) is 71.1 Å². The van der Waals surface area contributed by atoms with Crippen molar-refractivity contribution in [3.05, 3.63) is 29.3 Å². The number of methoxy groups -OCH3 is 1. The molecular formula is C13H19N3O2S. The molecule has 3 N–H and O–H groups in total. The number of benzene rings is 1. The molecule has 1 heterocycles. The number of hydrogen-bond acceptors (Lipinski definition) is 5. The number of hydrogen-bond donors (Lipinski definition) is 2. The Balaban J connectivity index is 2.14. The molecule has 1 aromatic carbocycles. The minimum absolute atomic E-state index is 0.0674. The van der Waals surface area contributed by atoms with Crippen LogP contribution in [0.3, 0.4) is 0 Å². The summed E-state index contributed by atoms with van der Waals surface area (Å²) in [6, 6.07) is 5.79. The first-order chi connectivity index (χ1) is 9.24. The third kappa shape index (κ3) is 3.54. The van der Waals surface area contributed by atoms with E-state index < -0.39 is 0 Å². The lowest BCUT2D eigenvalue weighted by Crippen LogP contribution is -2.32. The molecular weight excluding hydrogens is 262 g/mol. The Kier molecular flexibility index (Phi) is 4.93. The largest absolute Gasteiger partial charge is 0.496 e. The molecule has 104 valence electrons. The molecule has 2 rings (SSSR count). The summed E-state index contributed by atoms with van der Waals surface area (Å²) in [6.07, 6.45) is 0. The van der Waals surface area contributed by atoms with Gasteiger partial charge in [0.2, 0.25) is 0 Å². The van der Waals surface area contributed by atoms with Crippen LogP contribution in [0, 0.1) is 0 Å². The van der Waals surface area contributed by atoms with Gasteiger partial charge in [0.15, 0.2) is 5.84 Å². The fourth-order valence-electron chi connectivity index (χ4n) is 2.12. The van der Waals surface area contributed by atoms with Crippen molar-refractivity contribution < 1.29 is 9.94 Å². The van der Waals surface area contributed by atoms with Gasteiger partial charge >= 0.3 is 0 Å². The Morgan fingerprint density at radius 3 is 2.84 bits per heavy atom. The summed E-state index contributed by atoms with van der Waals surface area (Å²) >= 11 is 2.00. The van der Waals surface area contributed by atoms with Crippen LogP contribution in [0.1, 0.15) is 11.1 Å². The minimum Gasteiger partial charge on any atom is -0.496 e. The SMILES string of the molecule is COc1cc(CN2CCSCC2)ccc1/C(N)=N/O. The van der Waals surface area contributed by atoms with Gasteiger partial charge in [0.25, 0.3) is 0 Å². The summed E-state index contributed by atoms with van der Waals surface area (Å²) in [5, 5.41) is 11.7. The number of ether oxygens (including phenoxy) is 1. The number of nitrogens with two attached hydrogens (primary N) is 1. The van der Waals surface area contributed by atoms with Gasteiger partial charge in [-0.15, -0.1) is 0 Å². The second-order valence-electron chi connectivity index (χ2n) is 4.41. The van der Waals surface area contributed by atoms with Gasteiger partial charge in [-0.1, -0.05) is 11.2 Å². The van der Waals surface area contributed by atoms with Gasteiger partial charge < -0.3 is 15.7 Å². The Morgan fingerprint density at radius 2 is 2.21 bits per heavy atom. The molecule has 0 aromatic heterocycles. The Hall–Kier alpha value is -1.40. The second kappa shape index (κ2) is 6.68. The summed E-state index contributed by atoms with van der Waals surface area (Å²) in [5.41, 5.74) is 7.40. The van der Waals surface area contributed by atoms with Crippen LogP contribution in [0.4, 0.5) is 0 Å². The van der Waals surface area contributed by atoms with Gasteiger partial charge in [-0.2, -0.15) is 11.8 Å². The minimum atomic E-state index is 0.0674. The van der Waals surface area contributed by atoms with Crippen LogP contribution >= 0.6 is 11.8 Å². The van der Waals surface area contributed by atoms with E-state index in [1.807, 2.05) is 30.0 Å². The molecule has 6 heteroatoms. The van der Waals surface area contributed by atoms with Crippen molar-refractivity contribution >= 4 is 17.6 Å². The van der Waals surface area contributed by atoms with Gasteiger partial charge in [-0.25, -0.2) is 0 Å². The highest BCUT2D eigenvalue weighted by Crippen LogP contribution is 2.22. The van der Waals surface area contributed by atoms with Crippen molar-refractivity contribution in [2.75, 3.05) is 31.7 Å². The predicted octanol–water partition coefficient (Wildman–Crippen LogP) is 1.34. The summed E-state index contributed by atoms with van der Waals surface area (Å²) in [6.45, 7) is 3.15. The molecule has 1 fully saturated rings. The smallest absolute Gasteiger partial charge is 0.173 e. The third-order valence-corrected chi connectivity index (χ3v) is 4.10. The van der Waals surface area contributed by atoms with Crippen molar-refractivity contribution in [3.63, 3.8) is 0 Å². The highest BCUT2D eigenvalue weighted by atomic mass is 32.2. The van der Waals surface area contributed by atoms with Gasteiger partial charge in [-0.05, 0) is 17.7 Å². The van der Waals surface area contributed by atoms with Crippen LogP contribution in [0.2, 0.25) is 0 Å². The van der Waals surface area contributed by atoms with E-state index in [1.165, 1.54) is 17.1 Å². The van der Waals surface area contributed by atoms with Crippen LogP contribution < -0.4 is 10.5 Å². The lowest BCUT2D eigenvalue weighted by Gasteiger charge is -2.26. The molecule has 1 aliphatic heterocycles. The summed E-state index contributed by atoms with van der Waals surface area (Å²) < 4.78 is 5.30. The van der Waals surface area contributed by atoms with Crippen molar-refractivity contribution in [1.29, 1.82) is 0 Å². The van der Waals surface area contributed by atoms with Crippen LogP contribution in [-0.4, -0.2) is 47.6 Å². The maximum absolute atomic E-state index is 8.74. The summed E-state index contributed by atoms with van der Waals surface area (Å²) in [4.78, 5) is 2.43. The van der Waals surface area contributed by atoms with E-state index in [-0.39, 0.29) is 5.84 Å². The van der Waals surface area contributed by atoms with Gasteiger partial charge in [0.05, 0.1) is 12.7 Å². The highest BCUT2D eigenvalue weighted by molar-refractivity contribution is 7.99. The summed E-state index contributed by atoms with van der Waals surface area (Å²) in [7, 11) is 1.59. The number of nitrogens with zero attached hydrogens (tertiary/aromatic N) is 2. The van der Waals surface area contributed by atoms with Crippen molar-refractivity contribution in [1.82, 2.24) is 4.90 Å². The van der Waals surface area contributed by atoms with E-state index in [2.05, 4.69) is 10.1 Å². The molecule has 5 nitrogen and oxygen atoms in total. The lowest BCUT2D eigenvalue weighted by atomic mass is 10.1. The first kappa shape index (κ1) is 14.0. The predicted molar refractivity (Wildman–Crippen MR) is 78.1 cm³/mol. The molecule has 0 aliphatic carbocycles.